The number of carbonyl (C=O) groups is 1. The summed E-state index contributed by atoms with van der Waals surface area (Å²) in [5.74, 6) is 0.318. The molecule has 1 amide bonds. The van der Waals surface area contributed by atoms with Crippen LogP contribution in [0.4, 0.5) is 0 Å². The minimum absolute atomic E-state index is 0.266. The summed E-state index contributed by atoms with van der Waals surface area (Å²) < 4.78 is 5.08. The summed E-state index contributed by atoms with van der Waals surface area (Å²) in [6.07, 6.45) is 1.49. The van der Waals surface area contributed by atoms with E-state index >= 15 is 0 Å². The van der Waals surface area contributed by atoms with E-state index in [1.165, 1.54) is 11.8 Å². The Kier molecular flexibility index (Phi) is 3.80. The number of nitrogens with one attached hydrogen (secondary N) is 1. The number of rotatable bonds is 3. The van der Waals surface area contributed by atoms with Gasteiger partial charge in [0.15, 0.2) is 0 Å². The van der Waals surface area contributed by atoms with E-state index in [0.29, 0.717) is 11.3 Å². The highest BCUT2D eigenvalue weighted by Gasteiger charge is 2.10. The molecule has 0 bridgehead atoms. The number of nitrogens with zero attached hydrogens (tertiary/aromatic N) is 1. The molecule has 0 fully saturated rings. The van der Waals surface area contributed by atoms with Crippen LogP contribution in [0.3, 0.4) is 0 Å². The zero-order valence-electron chi connectivity index (χ0n) is 11.2. The number of furan rings is 1. The molecule has 1 aromatic heterocycles. The second kappa shape index (κ2) is 5.52. The van der Waals surface area contributed by atoms with E-state index in [2.05, 4.69) is 10.5 Å². The normalized spacial score (nSPS) is 11.4. The van der Waals surface area contributed by atoms with Gasteiger partial charge in [0.2, 0.25) is 0 Å². The maximum absolute atomic E-state index is 11.8. The van der Waals surface area contributed by atoms with Crippen LogP contribution < -0.4 is 5.43 Å². The molecule has 1 N–H and O–H groups in total. The largest absolute Gasteiger partial charge is 0.469 e. The average Bonchev–Trinajstić information content (AvgIpc) is 2.83. The third-order valence-corrected chi connectivity index (χ3v) is 2.90. The Labute approximate surface area is 112 Å². The van der Waals surface area contributed by atoms with E-state index in [-0.39, 0.29) is 5.91 Å². The first-order valence-corrected chi connectivity index (χ1v) is 6.03. The number of hydrazone groups is 1. The lowest BCUT2D eigenvalue weighted by atomic mass is 10.1. The highest BCUT2D eigenvalue weighted by atomic mass is 16.3. The van der Waals surface area contributed by atoms with Gasteiger partial charge in [-0.2, -0.15) is 5.10 Å². The third-order valence-electron chi connectivity index (χ3n) is 2.90. The first-order chi connectivity index (χ1) is 9.08. The zero-order chi connectivity index (χ0) is 13.8. The van der Waals surface area contributed by atoms with Crippen LogP contribution in [0, 0.1) is 13.8 Å². The molecule has 0 aliphatic carbocycles. The fourth-order valence-corrected chi connectivity index (χ4v) is 1.67. The summed E-state index contributed by atoms with van der Waals surface area (Å²) in [5.41, 5.74) is 5.96. The molecule has 19 heavy (non-hydrogen) atoms. The van der Waals surface area contributed by atoms with Gasteiger partial charge >= 0.3 is 0 Å². The SMILES string of the molecule is C/C(=N/NC(=O)c1ccoc1C)c1ccc(C)cc1. The fourth-order valence-electron chi connectivity index (χ4n) is 1.67. The van der Waals surface area contributed by atoms with Crippen LogP contribution in [0.1, 0.15) is 34.2 Å². The molecule has 0 saturated carbocycles. The average molecular weight is 256 g/mol. The van der Waals surface area contributed by atoms with Crippen molar-refractivity contribution in [1.29, 1.82) is 0 Å². The van der Waals surface area contributed by atoms with Gasteiger partial charge < -0.3 is 4.42 Å². The van der Waals surface area contributed by atoms with Crippen LogP contribution in [0.25, 0.3) is 0 Å². The fraction of sp³-hybridized carbons (Fsp3) is 0.200. The molecule has 0 atom stereocenters. The number of hydrogen-bond acceptors (Lipinski definition) is 3. The van der Waals surface area contributed by atoms with Crippen LogP contribution in [0.2, 0.25) is 0 Å². The molecule has 4 nitrogen and oxygen atoms in total. The lowest BCUT2D eigenvalue weighted by molar-refractivity contribution is 0.0953. The number of carbonyl (C=O) groups excluding carboxylic acids is 1. The molecule has 0 saturated heterocycles. The highest BCUT2D eigenvalue weighted by Crippen LogP contribution is 2.08. The van der Waals surface area contributed by atoms with E-state index in [9.17, 15) is 4.79 Å². The lowest BCUT2D eigenvalue weighted by Crippen LogP contribution is -2.19. The molecule has 0 aliphatic rings. The summed E-state index contributed by atoms with van der Waals surface area (Å²) in [4.78, 5) is 11.8. The van der Waals surface area contributed by atoms with Crippen molar-refractivity contribution in [2.45, 2.75) is 20.8 Å². The zero-order valence-corrected chi connectivity index (χ0v) is 11.2. The minimum atomic E-state index is -0.266. The molecule has 0 radical (unpaired) electrons. The summed E-state index contributed by atoms with van der Waals surface area (Å²) in [6, 6.07) is 9.60. The molecule has 98 valence electrons. The van der Waals surface area contributed by atoms with Crippen molar-refractivity contribution in [3.8, 4) is 0 Å². The Morgan fingerprint density at radius 2 is 1.84 bits per heavy atom. The third kappa shape index (κ3) is 3.10. The topological polar surface area (TPSA) is 54.6 Å². The van der Waals surface area contributed by atoms with E-state index < -0.39 is 0 Å². The Hall–Kier alpha value is -2.36. The lowest BCUT2D eigenvalue weighted by Gasteiger charge is -2.03. The van der Waals surface area contributed by atoms with Crippen molar-refractivity contribution in [2.24, 2.45) is 5.10 Å². The molecule has 2 aromatic rings. The number of amides is 1. The van der Waals surface area contributed by atoms with Crippen LogP contribution in [0.5, 0.6) is 0 Å². The Balaban J connectivity index is 2.08. The first-order valence-electron chi connectivity index (χ1n) is 6.03. The van der Waals surface area contributed by atoms with Crippen LogP contribution in [0.15, 0.2) is 46.1 Å². The van der Waals surface area contributed by atoms with Crippen molar-refractivity contribution in [3.05, 3.63) is 59.0 Å². The van der Waals surface area contributed by atoms with Crippen LogP contribution in [-0.4, -0.2) is 11.6 Å². The molecule has 0 aliphatic heterocycles. The maximum Gasteiger partial charge on any atom is 0.274 e. The summed E-state index contributed by atoms with van der Waals surface area (Å²) in [7, 11) is 0. The summed E-state index contributed by atoms with van der Waals surface area (Å²) in [6.45, 7) is 5.62. The van der Waals surface area contributed by atoms with E-state index in [1.807, 2.05) is 38.1 Å². The Bertz CT molecular complexity index is 609. The van der Waals surface area contributed by atoms with Gasteiger partial charge in [-0.15, -0.1) is 0 Å². The maximum atomic E-state index is 11.8. The van der Waals surface area contributed by atoms with Crippen LogP contribution >= 0.6 is 0 Å². The smallest absolute Gasteiger partial charge is 0.274 e. The summed E-state index contributed by atoms with van der Waals surface area (Å²) in [5, 5.41) is 4.10. The first kappa shape index (κ1) is 13.1. The predicted molar refractivity (Wildman–Crippen MR) is 74.3 cm³/mol. The minimum Gasteiger partial charge on any atom is -0.469 e. The Morgan fingerprint density at radius 3 is 2.42 bits per heavy atom. The Morgan fingerprint density at radius 1 is 1.16 bits per heavy atom. The van der Waals surface area contributed by atoms with Crippen LogP contribution in [-0.2, 0) is 0 Å². The van der Waals surface area contributed by atoms with Crippen molar-refractivity contribution in [1.82, 2.24) is 5.43 Å². The molecule has 0 unspecified atom stereocenters. The van der Waals surface area contributed by atoms with Gasteiger partial charge in [-0.25, -0.2) is 5.43 Å². The van der Waals surface area contributed by atoms with Gasteiger partial charge in [0.25, 0.3) is 5.91 Å². The van der Waals surface area contributed by atoms with Crippen molar-refractivity contribution in [2.75, 3.05) is 0 Å². The van der Waals surface area contributed by atoms with E-state index in [1.54, 1.807) is 13.0 Å². The van der Waals surface area contributed by atoms with Gasteiger partial charge in [-0.1, -0.05) is 29.8 Å². The summed E-state index contributed by atoms with van der Waals surface area (Å²) >= 11 is 0. The molecule has 2 rings (SSSR count). The number of benzene rings is 1. The van der Waals surface area contributed by atoms with Crippen molar-refractivity contribution < 1.29 is 9.21 Å². The molecule has 1 heterocycles. The predicted octanol–water partition coefficient (Wildman–Crippen LogP) is 3.05. The van der Waals surface area contributed by atoms with E-state index in [0.717, 1.165) is 11.3 Å². The molecule has 4 heteroatoms. The monoisotopic (exact) mass is 256 g/mol. The molecular weight excluding hydrogens is 240 g/mol. The van der Waals surface area contributed by atoms with E-state index in [4.69, 9.17) is 4.42 Å². The number of hydrogen-bond donors (Lipinski definition) is 1. The standard InChI is InChI=1S/C15H16N2O2/c1-10-4-6-13(7-5-10)11(2)16-17-15(18)14-8-9-19-12(14)3/h4-9H,1-3H3,(H,17,18)/b16-11-. The van der Waals surface area contributed by atoms with Gasteiger partial charge in [-0.3, -0.25) is 4.79 Å². The highest BCUT2D eigenvalue weighted by molar-refractivity contribution is 6.01. The van der Waals surface area contributed by atoms with Crippen molar-refractivity contribution in [3.63, 3.8) is 0 Å². The molecule has 1 aromatic carbocycles. The van der Waals surface area contributed by atoms with Gasteiger partial charge in [0.1, 0.15) is 5.76 Å². The molecule has 0 spiro atoms. The van der Waals surface area contributed by atoms with Crippen molar-refractivity contribution >= 4 is 11.6 Å². The second-order valence-corrected chi connectivity index (χ2v) is 4.39. The van der Waals surface area contributed by atoms with Gasteiger partial charge in [-0.05, 0) is 32.4 Å². The molecular formula is C15H16N2O2. The van der Waals surface area contributed by atoms with Gasteiger partial charge in [0.05, 0.1) is 17.5 Å². The second-order valence-electron chi connectivity index (χ2n) is 4.39. The van der Waals surface area contributed by atoms with Gasteiger partial charge in [0, 0.05) is 0 Å². The number of aryl methyl sites for hydroxylation is 2. The quantitative estimate of drug-likeness (QED) is 0.677.